The molecule has 0 radical (unpaired) electrons. The molecule has 2 aromatic rings. The van der Waals surface area contributed by atoms with Crippen molar-refractivity contribution in [2.75, 3.05) is 0 Å². The summed E-state index contributed by atoms with van der Waals surface area (Å²) in [5.74, 6) is 0. The Morgan fingerprint density at radius 3 is 2.13 bits per heavy atom. The van der Waals surface area contributed by atoms with Crippen LogP contribution in [-0.4, -0.2) is 0 Å². The van der Waals surface area contributed by atoms with E-state index in [9.17, 15) is 0 Å². The van der Waals surface area contributed by atoms with E-state index in [0.717, 1.165) is 12.8 Å². The summed E-state index contributed by atoms with van der Waals surface area (Å²) in [6, 6.07) is 19.2. The first-order chi connectivity index (χ1) is 7.36. The van der Waals surface area contributed by atoms with E-state index in [4.69, 9.17) is 0 Å². The molecule has 0 amide bonds. The Bertz CT molecular complexity index is 420. The zero-order valence-corrected chi connectivity index (χ0v) is 10.6. The van der Waals surface area contributed by atoms with Crippen LogP contribution in [-0.2, 0) is 12.8 Å². The summed E-state index contributed by atoms with van der Waals surface area (Å²) >= 11 is 2.40. The van der Waals surface area contributed by atoms with Gasteiger partial charge in [-0.15, -0.1) is 0 Å². The van der Waals surface area contributed by atoms with Crippen molar-refractivity contribution in [3.05, 3.63) is 69.3 Å². The van der Waals surface area contributed by atoms with Gasteiger partial charge in [-0.05, 0) is 52.6 Å². The Labute approximate surface area is 104 Å². The van der Waals surface area contributed by atoms with Crippen LogP contribution in [0.1, 0.15) is 11.1 Å². The second kappa shape index (κ2) is 5.31. The van der Waals surface area contributed by atoms with E-state index in [-0.39, 0.29) is 0 Å². The van der Waals surface area contributed by atoms with Gasteiger partial charge in [0.05, 0.1) is 0 Å². The molecule has 1 heteroatoms. The smallest absolute Gasteiger partial charge is 0.0162 e. The van der Waals surface area contributed by atoms with Crippen molar-refractivity contribution >= 4 is 22.6 Å². The van der Waals surface area contributed by atoms with Gasteiger partial charge in [-0.2, -0.15) is 0 Å². The van der Waals surface area contributed by atoms with Crippen LogP contribution >= 0.6 is 22.6 Å². The number of hydrogen-bond donors (Lipinski definition) is 0. The Balaban J connectivity index is 2.03. The first-order valence-electron chi connectivity index (χ1n) is 5.13. The molecule has 0 aromatic heterocycles. The molecule has 15 heavy (non-hydrogen) atoms. The number of benzene rings is 2. The fourth-order valence-electron chi connectivity index (χ4n) is 1.62. The first kappa shape index (κ1) is 10.7. The highest BCUT2D eigenvalue weighted by molar-refractivity contribution is 14.1. The molecule has 0 atom stereocenters. The molecule has 0 aliphatic heterocycles. The van der Waals surface area contributed by atoms with Crippen LogP contribution in [0.2, 0.25) is 0 Å². The maximum atomic E-state index is 2.40. The predicted octanol–water partition coefficient (Wildman–Crippen LogP) is 4.08. The molecule has 0 aliphatic rings. The molecule has 2 aromatic carbocycles. The summed E-state index contributed by atoms with van der Waals surface area (Å²) in [6.07, 6.45) is 2.25. The lowest BCUT2D eigenvalue weighted by molar-refractivity contribution is 0.954. The molecule has 0 saturated heterocycles. The molecule has 2 rings (SSSR count). The molecule has 0 aliphatic carbocycles. The number of halogens is 1. The summed E-state index contributed by atoms with van der Waals surface area (Å²) in [5, 5.41) is 0. The highest BCUT2D eigenvalue weighted by atomic mass is 127. The maximum absolute atomic E-state index is 2.40. The second-order valence-electron chi connectivity index (χ2n) is 3.58. The third-order valence-corrected chi connectivity index (χ3v) is 3.54. The van der Waals surface area contributed by atoms with Gasteiger partial charge in [-0.1, -0.05) is 48.5 Å². The third kappa shape index (κ3) is 3.06. The van der Waals surface area contributed by atoms with Crippen molar-refractivity contribution in [1.29, 1.82) is 0 Å². The third-order valence-electron chi connectivity index (χ3n) is 2.48. The average Bonchev–Trinajstić information content (AvgIpc) is 2.29. The SMILES string of the molecule is Ic1ccccc1CCc1ccccc1. The lowest BCUT2D eigenvalue weighted by Gasteiger charge is -2.04. The van der Waals surface area contributed by atoms with E-state index in [2.05, 4.69) is 77.2 Å². The van der Waals surface area contributed by atoms with Gasteiger partial charge in [-0.3, -0.25) is 0 Å². The minimum Gasteiger partial charge on any atom is -0.0622 e. The first-order valence-corrected chi connectivity index (χ1v) is 6.21. The summed E-state index contributed by atoms with van der Waals surface area (Å²) in [5.41, 5.74) is 2.86. The van der Waals surface area contributed by atoms with Crippen LogP contribution in [0.4, 0.5) is 0 Å². The van der Waals surface area contributed by atoms with E-state index in [1.54, 1.807) is 0 Å². The summed E-state index contributed by atoms with van der Waals surface area (Å²) in [6.45, 7) is 0. The minimum atomic E-state index is 1.13. The van der Waals surface area contributed by atoms with Gasteiger partial charge in [0.1, 0.15) is 0 Å². The van der Waals surface area contributed by atoms with Crippen LogP contribution < -0.4 is 0 Å². The van der Waals surface area contributed by atoms with E-state index in [1.165, 1.54) is 14.7 Å². The normalized spacial score (nSPS) is 10.2. The monoisotopic (exact) mass is 308 g/mol. The number of aryl methyl sites for hydroxylation is 2. The molecule has 0 spiro atoms. The molecule has 0 fully saturated rings. The van der Waals surface area contributed by atoms with Crippen LogP contribution in [0.3, 0.4) is 0 Å². The Morgan fingerprint density at radius 1 is 0.733 bits per heavy atom. The van der Waals surface area contributed by atoms with Gasteiger partial charge in [0.15, 0.2) is 0 Å². The molecular weight excluding hydrogens is 295 g/mol. The fourth-order valence-corrected chi connectivity index (χ4v) is 2.28. The molecule has 0 heterocycles. The topological polar surface area (TPSA) is 0 Å². The molecule has 0 bridgehead atoms. The standard InChI is InChI=1S/C14H13I/c15-14-9-5-4-8-13(14)11-10-12-6-2-1-3-7-12/h1-9H,10-11H2. The Morgan fingerprint density at radius 2 is 1.40 bits per heavy atom. The molecule has 0 unspecified atom stereocenters. The van der Waals surface area contributed by atoms with Crippen LogP contribution in [0.25, 0.3) is 0 Å². The van der Waals surface area contributed by atoms with Crippen molar-refractivity contribution in [3.63, 3.8) is 0 Å². The number of rotatable bonds is 3. The largest absolute Gasteiger partial charge is 0.0622 e. The van der Waals surface area contributed by atoms with Crippen molar-refractivity contribution < 1.29 is 0 Å². The molecule has 0 nitrogen and oxygen atoms in total. The van der Waals surface area contributed by atoms with E-state index < -0.39 is 0 Å². The lowest BCUT2D eigenvalue weighted by atomic mass is 10.0. The van der Waals surface area contributed by atoms with Gasteiger partial charge in [0.25, 0.3) is 0 Å². The maximum Gasteiger partial charge on any atom is 0.0162 e. The molecular formula is C14H13I. The number of hydrogen-bond acceptors (Lipinski definition) is 0. The molecule has 0 N–H and O–H groups in total. The van der Waals surface area contributed by atoms with Gasteiger partial charge in [0.2, 0.25) is 0 Å². The van der Waals surface area contributed by atoms with Gasteiger partial charge >= 0.3 is 0 Å². The van der Waals surface area contributed by atoms with Crippen LogP contribution in [0, 0.1) is 3.57 Å². The summed E-state index contributed by atoms with van der Waals surface area (Å²) in [4.78, 5) is 0. The predicted molar refractivity (Wildman–Crippen MR) is 73.0 cm³/mol. The van der Waals surface area contributed by atoms with E-state index >= 15 is 0 Å². The summed E-state index contributed by atoms with van der Waals surface area (Å²) in [7, 11) is 0. The van der Waals surface area contributed by atoms with Crippen LogP contribution in [0.5, 0.6) is 0 Å². The molecule has 76 valence electrons. The highest BCUT2D eigenvalue weighted by Gasteiger charge is 1.98. The van der Waals surface area contributed by atoms with E-state index in [1.807, 2.05) is 0 Å². The quantitative estimate of drug-likeness (QED) is 0.750. The molecule has 0 saturated carbocycles. The van der Waals surface area contributed by atoms with Crippen molar-refractivity contribution in [2.24, 2.45) is 0 Å². The average molecular weight is 308 g/mol. The fraction of sp³-hybridized carbons (Fsp3) is 0.143. The lowest BCUT2D eigenvalue weighted by Crippen LogP contribution is -1.93. The van der Waals surface area contributed by atoms with Gasteiger partial charge < -0.3 is 0 Å². The van der Waals surface area contributed by atoms with Crippen LogP contribution in [0.15, 0.2) is 54.6 Å². The van der Waals surface area contributed by atoms with Crippen molar-refractivity contribution in [1.82, 2.24) is 0 Å². The zero-order valence-electron chi connectivity index (χ0n) is 8.49. The van der Waals surface area contributed by atoms with E-state index in [0.29, 0.717) is 0 Å². The second-order valence-corrected chi connectivity index (χ2v) is 4.74. The summed E-state index contributed by atoms with van der Waals surface area (Å²) < 4.78 is 1.37. The Kier molecular flexibility index (Phi) is 3.78. The van der Waals surface area contributed by atoms with Gasteiger partial charge in [0, 0.05) is 3.57 Å². The highest BCUT2D eigenvalue weighted by Crippen LogP contribution is 2.14. The van der Waals surface area contributed by atoms with Crippen molar-refractivity contribution in [3.8, 4) is 0 Å². The van der Waals surface area contributed by atoms with Crippen molar-refractivity contribution in [2.45, 2.75) is 12.8 Å². The Hall–Kier alpha value is -0.830. The zero-order chi connectivity index (χ0) is 10.5. The minimum absolute atomic E-state index is 1.13. The van der Waals surface area contributed by atoms with Gasteiger partial charge in [-0.25, -0.2) is 0 Å².